The molecule has 2 rings (SSSR count). The number of aromatic nitrogens is 1. The van der Waals surface area contributed by atoms with E-state index < -0.39 is 5.95 Å². The van der Waals surface area contributed by atoms with Crippen LogP contribution in [-0.2, 0) is 4.74 Å². The molecular weight excluding hydrogens is 249 g/mol. The normalized spacial score (nSPS) is 18.4. The Hall–Kier alpha value is -0.480. The number of ether oxygens (including phenoxy) is 1. The first kappa shape index (κ1) is 10.1. The van der Waals surface area contributed by atoms with Gasteiger partial charge in [-0.3, -0.25) is 0 Å². The number of hydrogen-bond donors (Lipinski definition) is 0. The molecule has 0 bridgehead atoms. The van der Waals surface area contributed by atoms with Crippen LogP contribution in [-0.4, -0.2) is 18.2 Å². The zero-order valence-corrected chi connectivity index (χ0v) is 9.26. The van der Waals surface area contributed by atoms with Crippen LogP contribution < -0.4 is 0 Å². The minimum absolute atomic E-state index is 0.343. The topological polar surface area (TPSA) is 22.1 Å². The molecule has 76 valence electrons. The maximum absolute atomic E-state index is 13.0. The molecule has 0 N–H and O–H groups in total. The van der Waals surface area contributed by atoms with Gasteiger partial charge in [-0.05, 0) is 18.9 Å². The second-order valence-corrected chi connectivity index (χ2v) is 4.34. The summed E-state index contributed by atoms with van der Waals surface area (Å²) in [5, 5.41) is 0. The van der Waals surface area contributed by atoms with E-state index in [0.29, 0.717) is 5.92 Å². The van der Waals surface area contributed by atoms with Crippen LogP contribution in [0.1, 0.15) is 24.5 Å². The van der Waals surface area contributed by atoms with Crippen molar-refractivity contribution in [2.45, 2.75) is 18.8 Å². The summed E-state index contributed by atoms with van der Waals surface area (Å²) in [6, 6.07) is 3.27. The maximum Gasteiger partial charge on any atom is 0.214 e. The van der Waals surface area contributed by atoms with Crippen molar-refractivity contribution in [3.05, 3.63) is 28.2 Å². The number of rotatable bonds is 1. The van der Waals surface area contributed by atoms with Gasteiger partial charge in [0.05, 0.1) is 0 Å². The highest BCUT2D eigenvalue weighted by molar-refractivity contribution is 9.10. The molecule has 1 aromatic heterocycles. The van der Waals surface area contributed by atoms with Crippen molar-refractivity contribution in [1.82, 2.24) is 4.98 Å². The third-order valence-corrected chi connectivity index (χ3v) is 2.88. The second-order valence-electron chi connectivity index (χ2n) is 3.42. The highest BCUT2D eigenvalue weighted by Crippen LogP contribution is 2.27. The van der Waals surface area contributed by atoms with E-state index in [1.165, 1.54) is 6.07 Å². The molecule has 0 saturated carbocycles. The molecule has 1 aliphatic rings. The van der Waals surface area contributed by atoms with Gasteiger partial charge >= 0.3 is 0 Å². The SMILES string of the molecule is Fc1cc(Br)cc(C2CCOCC2)n1. The summed E-state index contributed by atoms with van der Waals surface area (Å²) in [6.45, 7) is 1.50. The molecule has 0 spiro atoms. The van der Waals surface area contributed by atoms with Crippen LogP contribution in [0.4, 0.5) is 4.39 Å². The van der Waals surface area contributed by atoms with E-state index in [2.05, 4.69) is 20.9 Å². The average Bonchev–Trinajstić information content (AvgIpc) is 2.18. The van der Waals surface area contributed by atoms with E-state index in [-0.39, 0.29) is 0 Å². The van der Waals surface area contributed by atoms with Crippen molar-refractivity contribution < 1.29 is 9.13 Å². The van der Waals surface area contributed by atoms with Crippen LogP contribution >= 0.6 is 15.9 Å². The first-order chi connectivity index (χ1) is 6.75. The van der Waals surface area contributed by atoms with Crippen molar-refractivity contribution in [2.75, 3.05) is 13.2 Å². The predicted octanol–water partition coefficient (Wildman–Crippen LogP) is 2.88. The third kappa shape index (κ3) is 2.30. The molecular formula is C10H11BrFNO. The Labute approximate surface area is 90.6 Å². The fourth-order valence-corrected chi connectivity index (χ4v) is 2.11. The molecule has 2 heterocycles. The lowest BCUT2D eigenvalue weighted by molar-refractivity contribution is 0.0843. The standard InChI is InChI=1S/C10H11BrFNO/c11-8-5-9(13-10(12)6-8)7-1-3-14-4-2-7/h5-7H,1-4H2. The van der Waals surface area contributed by atoms with Crippen LogP contribution in [0.5, 0.6) is 0 Å². The molecule has 0 unspecified atom stereocenters. The Kier molecular flexibility index (Phi) is 3.13. The highest BCUT2D eigenvalue weighted by Gasteiger charge is 2.18. The van der Waals surface area contributed by atoms with E-state index in [0.717, 1.165) is 36.2 Å². The summed E-state index contributed by atoms with van der Waals surface area (Å²) in [7, 11) is 0. The zero-order valence-electron chi connectivity index (χ0n) is 7.67. The van der Waals surface area contributed by atoms with E-state index in [1.807, 2.05) is 6.07 Å². The summed E-state index contributed by atoms with van der Waals surface area (Å²) in [5.74, 6) is -0.0726. The number of pyridine rings is 1. The summed E-state index contributed by atoms with van der Waals surface area (Å²) in [5.41, 5.74) is 0.833. The molecule has 1 saturated heterocycles. The fourth-order valence-electron chi connectivity index (χ4n) is 1.69. The van der Waals surface area contributed by atoms with Gasteiger partial charge in [0.15, 0.2) is 0 Å². The van der Waals surface area contributed by atoms with Gasteiger partial charge in [0.2, 0.25) is 5.95 Å². The van der Waals surface area contributed by atoms with Crippen LogP contribution in [0.15, 0.2) is 16.6 Å². The van der Waals surface area contributed by atoms with Crippen LogP contribution in [0.3, 0.4) is 0 Å². The Morgan fingerprint density at radius 1 is 1.36 bits per heavy atom. The smallest absolute Gasteiger partial charge is 0.214 e. The van der Waals surface area contributed by atoms with E-state index >= 15 is 0 Å². The maximum atomic E-state index is 13.0. The predicted molar refractivity (Wildman–Crippen MR) is 54.7 cm³/mol. The summed E-state index contributed by atoms with van der Waals surface area (Å²) in [4.78, 5) is 3.91. The monoisotopic (exact) mass is 259 g/mol. The lowest BCUT2D eigenvalue weighted by Crippen LogP contribution is -2.15. The van der Waals surface area contributed by atoms with Crippen LogP contribution in [0.2, 0.25) is 0 Å². The Balaban J connectivity index is 2.21. The summed E-state index contributed by atoms with van der Waals surface area (Å²) in [6.07, 6.45) is 1.87. The lowest BCUT2D eigenvalue weighted by Gasteiger charge is -2.21. The molecule has 1 aromatic rings. The third-order valence-electron chi connectivity index (χ3n) is 2.42. The summed E-state index contributed by atoms with van der Waals surface area (Å²) < 4.78 is 19.0. The van der Waals surface area contributed by atoms with Crippen LogP contribution in [0, 0.1) is 5.95 Å². The van der Waals surface area contributed by atoms with E-state index in [9.17, 15) is 4.39 Å². The van der Waals surface area contributed by atoms with E-state index in [4.69, 9.17) is 4.74 Å². The quantitative estimate of drug-likeness (QED) is 0.724. The zero-order chi connectivity index (χ0) is 9.97. The first-order valence-electron chi connectivity index (χ1n) is 4.66. The van der Waals surface area contributed by atoms with Gasteiger partial charge in [-0.2, -0.15) is 4.39 Å². The van der Waals surface area contributed by atoms with Crippen molar-refractivity contribution in [1.29, 1.82) is 0 Å². The molecule has 0 aromatic carbocycles. The fraction of sp³-hybridized carbons (Fsp3) is 0.500. The molecule has 14 heavy (non-hydrogen) atoms. The van der Waals surface area contributed by atoms with Gasteiger partial charge in [-0.25, -0.2) is 4.98 Å². The highest BCUT2D eigenvalue weighted by atomic mass is 79.9. The summed E-state index contributed by atoms with van der Waals surface area (Å²) >= 11 is 3.27. The van der Waals surface area contributed by atoms with Crippen LogP contribution in [0.25, 0.3) is 0 Å². The van der Waals surface area contributed by atoms with Crippen molar-refractivity contribution in [2.24, 2.45) is 0 Å². The van der Waals surface area contributed by atoms with Crippen molar-refractivity contribution >= 4 is 15.9 Å². The van der Waals surface area contributed by atoms with Gasteiger partial charge in [-0.15, -0.1) is 0 Å². The Morgan fingerprint density at radius 2 is 2.07 bits per heavy atom. The largest absolute Gasteiger partial charge is 0.381 e. The molecule has 4 heteroatoms. The number of hydrogen-bond acceptors (Lipinski definition) is 2. The molecule has 1 aliphatic heterocycles. The molecule has 1 fully saturated rings. The lowest BCUT2D eigenvalue weighted by atomic mass is 9.96. The molecule has 0 atom stereocenters. The van der Waals surface area contributed by atoms with Gasteiger partial charge in [0.25, 0.3) is 0 Å². The number of nitrogens with zero attached hydrogens (tertiary/aromatic N) is 1. The molecule has 2 nitrogen and oxygen atoms in total. The first-order valence-corrected chi connectivity index (χ1v) is 5.46. The number of halogens is 2. The Morgan fingerprint density at radius 3 is 2.71 bits per heavy atom. The van der Waals surface area contributed by atoms with Gasteiger partial charge < -0.3 is 4.74 Å². The minimum Gasteiger partial charge on any atom is -0.381 e. The molecule has 0 amide bonds. The molecule has 0 radical (unpaired) electrons. The van der Waals surface area contributed by atoms with Crippen molar-refractivity contribution in [3.63, 3.8) is 0 Å². The average molecular weight is 260 g/mol. The Bertz CT molecular complexity index is 306. The molecule has 0 aliphatic carbocycles. The van der Waals surface area contributed by atoms with Gasteiger partial charge in [-0.1, -0.05) is 15.9 Å². The second kappa shape index (κ2) is 4.36. The van der Waals surface area contributed by atoms with Crippen molar-refractivity contribution in [3.8, 4) is 0 Å². The minimum atomic E-state index is -0.416. The van der Waals surface area contributed by atoms with E-state index in [1.54, 1.807) is 0 Å². The van der Waals surface area contributed by atoms with Gasteiger partial charge in [0, 0.05) is 35.4 Å². The van der Waals surface area contributed by atoms with Gasteiger partial charge in [0.1, 0.15) is 0 Å².